The van der Waals surface area contributed by atoms with Crippen LogP contribution in [-0.4, -0.2) is 58.1 Å². The predicted octanol–water partition coefficient (Wildman–Crippen LogP) is 0.198. The van der Waals surface area contributed by atoms with Crippen molar-refractivity contribution >= 4 is 17.7 Å². The number of imide groups is 1. The normalized spacial score (nSPS) is 26.3. The molecule has 3 aliphatic rings. The molecule has 26 heavy (non-hydrogen) atoms. The average Bonchev–Trinajstić information content (AvgIpc) is 2.91. The molecule has 3 aliphatic heterocycles. The maximum absolute atomic E-state index is 12.6. The summed E-state index contributed by atoms with van der Waals surface area (Å²) in [7, 11) is 0. The number of β-amino-alcohol motifs (C(OH)–C–C–N with tert-alkyl or cyclic N) is 1. The average molecular weight is 359 g/mol. The van der Waals surface area contributed by atoms with Crippen molar-refractivity contribution in [1.82, 2.24) is 15.3 Å². The van der Waals surface area contributed by atoms with Crippen LogP contribution in [0.15, 0.2) is 18.2 Å². The number of fused-ring (bicyclic) bond motifs is 1. The fraction of sp³-hybridized carbons (Fsp3) is 0.500. The minimum absolute atomic E-state index is 0.143. The maximum Gasteiger partial charge on any atom is 0.273 e. The number of nitrogens with zero attached hydrogens (tertiary/aromatic N) is 2. The molecule has 1 aromatic rings. The molecule has 3 amide bonds. The van der Waals surface area contributed by atoms with E-state index in [4.69, 9.17) is 4.74 Å². The Kier molecular flexibility index (Phi) is 4.37. The number of hydrazine groups is 1. The van der Waals surface area contributed by atoms with Crippen molar-refractivity contribution < 1.29 is 24.2 Å². The van der Waals surface area contributed by atoms with Crippen LogP contribution in [-0.2, 0) is 16.1 Å². The van der Waals surface area contributed by atoms with Gasteiger partial charge in [0.2, 0.25) is 11.8 Å². The maximum atomic E-state index is 12.6. The molecule has 2 atom stereocenters. The Labute approximate surface area is 150 Å². The molecular formula is C18H21N3O5. The topological polar surface area (TPSA) is 99.2 Å². The summed E-state index contributed by atoms with van der Waals surface area (Å²) < 4.78 is 5.91. The van der Waals surface area contributed by atoms with E-state index in [1.807, 2.05) is 0 Å². The number of amides is 3. The van der Waals surface area contributed by atoms with Gasteiger partial charge in [-0.1, -0.05) is 0 Å². The van der Waals surface area contributed by atoms with Gasteiger partial charge >= 0.3 is 0 Å². The lowest BCUT2D eigenvalue weighted by atomic mass is 10.1. The van der Waals surface area contributed by atoms with Crippen LogP contribution in [0.1, 0.15) is 41.6 Å². The summed E-state index contributed by atoms with van der Waals surface area (Å²) in [6.45, 7) is 1.38. The molecule has 0 aromatic heterocycles. The number of benzene rings is 1. The molecule has 138 valence electrons. The zero-order valence-corrected chi connectivity index (χ0v) is 14.3. The molecular weight excluding hydrogens is 338 g/mol. The first-order valence-corrected chi connectivity index (χ1v) is 8.89. The molecule has 0 radical (unpaired) electrons. The minimum atomic E-state index is -0.434. The number of aliphatic hydroxyl groups is 1. The summed E-state index contributed by atoms with van der Waals surface area (Å²) in [5.74, 6) is -0.400. The zero-order chi connectivity index (χ0) is 18.3. The van der Waals surface area contributed by atoms with E-state index in [0.717, 1.165) is 10.6 Å². The van der Waals surface area contributed by atoms with E-state index < -0.39 is 6.10 Å². The SMILES string of the molecule is O=C1c2ccc(O[C@H]3CNC[C@H](O)C3)cc2CN1N1C(=O)CCCC1=O. The molecule has 2 fully saturated rings. The number of carbonyl (C=O) groups excluding carboxylic acids is 3. The van der Waals surface area contributed by atoms with E-state index in [9.17, 15) is 19.5 Å². The van der Waals surface area contributed by atoms with Gasteiger partial charge < -0.3 is 15.2 Å². The van der Waals surface area contributed by atoms with E-state index in [1.54, 1.807) is 18.2 Å². The van der Waals surface area contributed by atoms with Gasteiger partial charge in [0.1, 0.15) is 11.9 Å². The van der Waals surface area contributed by atoms with E-state index in [2.05, 4.69) is 5.32 Å². The van der Waals surface area contributed by atoms with Gasteiger partial charge in [-0.2, -0.15) is 5.01 Å². The highest BCUT2D eigenvalue weighted by Gasteiger charge is 2.39. The van der Waals surface area contributed by atoms with Gasteiger partial charge in [-0.3, -0.25) is 14.4 Å². The Balaban J connectivity index is 1.51. The molecule has 0 spiro atoms. The van der Waals surface area contributed by atoms with Gasteiger partial charge in [0.05, 0.1) is 12.6 Å². The van der Waals surface area contributed by atoms with Crippen LogP contribution >= 0.6 is 0 Å². The molecule has 4 rings (SSSR count). The summed E-state index contributed by atoms with van der Waals surface area (Å²) in [4.78, 5) is 36.8. The van der Waals surface area contributed by atoms with Crippen LogP contribution in [0.25, 0.3) is 0 Å². The second-order valence-electron chi connectivity index (χ2n) is 6.92. The van der Waals surface area contributed by atoms with Crippen molar-refractivity contribution in [2.45, 2.75) is 44.4 Å². The fourth-order valence-corrected chi connectivity index (χ4v) is 3.69. The summed E-state index contributed by atoms with van der Waals surface area (Å²) in [6.07, 6.45) is 1.05. The Morgan fingerprint density at radius 3 is 2.62 bits per heavy atom. The van der Waals surface area contributed by atoms with Crippen molar-refractivity contribution in [3.8, 4) is 5.75 Å². The van der Waals surface area contributed by atoms with Gasteiger partial charge in [0.25, 0.3) is 5.91 Å². The quantitative estimate of drug-likeness (QED) is 0.748. The highest BCUT2D eigenvalue weighted by atomic mass is 16.5. The van der Waals surface area contributed by atoms with Gasteiger partial charge in [0, 0.05) is 37.9 Å². The van der Waals surface area contributed by atoms with Gasteiger partial charge in [0.15, 0.2) is 0 Å². The van der Waals surface area contributed by atoms with E-state index in [0.29, 0.717) is 37.2 Å². The number of nitrogens with one attached hydrogen (secondary N) is 1. The number of piperidine rings is 2. The number of carbonyl (C=O) groups is 3. The second kappa shape index (κ2) is 6.69. The lowest BCUT2D eigenvalue weighted by Gasteiger charge is -2.32. The minimum Gasteiger partial charge on any atom is -0.489 e. The monoisotopic (exact) mass is 359 g/mol. The fourth-order valence-electron chi connectivity index (χ4n) is 3.69. The standard InChI is InChI=1S/C18H21N3O5/c22-12-7-14(9-19-8-12)26-13-4-5-15-11(6-13)10-20(18(15)25)21-16(23)2-1-3-17(21)24/h4-6,12,14,19,22H,1-3,7-10H2/t12-,14-/m1/s1. The van der Waals surface area contributed by atoms with Crippen molar-refractivity contribution in [3.05, 3.63) is 29.3 Å². The Morgan fingerprint density at radius 1 is 1.12 bits per heavy atom. The molecule has 3 heterocycles. The summed E-state index contributed by atoms with van der Waals surface area (Å²) >= 11 is 0. The largest absolute Gasteiger partial charge is 0.489 e. The molecule has 2 saturated heterocycles. The molecule has 2 N–H and O–H groups in total. The highest BCUT2D eigenvalue weighted by molar-refractivity contribution is 6.04. The summed E-state index contributed by atoms with van der Waals surface area (Å²) in [5, 5.41) is 15.0. The molecule has 0 bridgehead atoms. The second-order valence-corrected chi connectivity index (χ2v) is 6.92. The van der Waals surface area contributed by atoms with Crippen LogP contribution in [0, 0.1) is 0 Å². The van der Waals surface area contributed by atoms with Crippen molar-refractivity contribution in [2.75, 3.05) is 13.1 Å². The number of ether oxygens (including phenoxy) is 1. The molecule has 0 unspecified atom stereocenters. The van der Waals surface area contributed by atoms with Crippen molar-refractivity contribution in [2.24, 2.45) is 0 Å². The summed E-state index contributed by atoms with van der Waals surface area (Å²) in [5.41, 5.74) is 1.20. The van der Waals surface area contributed by atoms with Crippen molar-refractivity contribution in [3.63, 3.8) is 0 Å². The van der Waals surface area contributed by atoms with Gasteiger partial charge in [-0.15, -0.1) is 0 Å². The van der Waals surface area contributed by atoms with Crippen LogP contribution in [0.4, 0.5) is 0 Å². The van der Waals surface area contributed by atoms with Crippen molar-refractivity contribution in [1.29, 1.82) is 0 Å². The van der Waals surface area contributed by atoms with Gasteiger partial charge in [-0.25, -0.2) is 5.01 Å². The number of hydrogen-bond acceptors (Lipinski definition) is 6. The molecule has 0 saturated carbocycles. The molecule has 8 heteroatoms. The first-order chi connectivity index (χ1) is 12.5. The lowest BCUT2D eigenvalue weighted by molar-refractivity contribution is -0.163. The third-order valence-electron chi connectivity index (χ3n) is 4.95. The van der Waals surface area contributed by atoms with Crippen LogP contribution in [0.3, 0.4) is 0 Å². The number of aliphatic hydroxyl groups excluding tert-OH is 1. The lowest BCUT2D eigenvalue weighted by Crippen LogP contribution is -2.51. The van der Waals surface area contributed by atoms with Gasteiger partial charge in [-0.05, 0) is 30.2 Å². The zero-order valence-electron chi connectivity index (χ0n) is 14.3. The van der Waals surface area contributed by atoms with E-state index in [-0.39, 0.29) is 43.2 Å². The number of rotatable bonds is 3. The molecule has 8 nitrogen and oxygen atoms in total. The summed E-state index contributed by atoms with van der Waals surface area (Å²) in [6, 6.07) is 5.15. The third-order valence-corrected chi connectivity index (χ3v) is 4.95. The molecule has 1 aromatic carbocycles. The third kappa shape index (κ3) is 3.06. The Hall–Kier alpha value is -2.45. The first-order valence-electron chi connectivity index (χ1n) is 8.89. The number of hydrogen-bond donors (Lipinski definition) is 2. The molecule has 0 aliphatic carbocycles. The van der Waals surface area contributed by atoms with E-state index in [1.165, 1.54) is 5.01 Å². The first kappa shape index (κ1) is 17.0. The van der Waals surface area contributed by atoms with Crippen LogP contribution < -0.4 is 10.1 Å². The smallest absolute Gasteiger partial charge is 0.273 e. The van der Waals surface area contributed by atoms with Crippen LogP contribution in [0.2, 0.25) is 0 Å². The predicted molar refractivity (Wildman–Crippen MR) is 89.9 cm³/mol. The van der Waals surface area contributed by atoms with E-state index >= 15 is 0 Å². The Bertz CT molecular complexity index is 749. The Morgan fingerprint density at radius 2 is 1.88 bits per heavy atom. The highest BCUT2D eigenvalue weighted by Crippen LogP contribution is 2.30. The van der Waals surface area contributed by atoms with Crippen LogP contribution in [0.5, 0.6) is 5.75 Å².